The second kappa shape index (κ2) is 6.40. The molecule has 0 fully saturated rings. The van der Waals surface area contributed by atoms with Crippen LogP contribution in [0.4, 0.5) is 0 Å². The topological polar surface area (TPSA) is 51.5 Å². The molecule has 1 amide bonds. The highest BCUT2D eigenvalue weighted by Crippen LogP contribution is 2.28. The molecule has 3 rings (SSSR count). The van der Waals surface area contributed by atoms with E-state index in [1.165, 1.54) is 11.1 Å². The maximum atomic E-state index is 12.5. The van der Waals surface area contributed by atoms with Crippen LogP contribution in [0.15, 0.2) is 46.9 Å². The fourth-order valence-corrected chi connectivity index (χ4v) is 2.69. The molecule has 2 aromatic carbocycles. The minimum absolute atomic E-state index is 0.105. The summed E-state index contributed by atoms with van der Waals surface area (Å²) in [6.45, 7) is 6.11. The second-order valence-corrected chi connectivity index (χ2v) is 6.03. The molecule has 124 valence electrons. The Bertz CT molecular complexity index is 895. The summed E-state index contributed by atoms with van der Waals surface area (Å²) >= 11 is 0. The molecule has 4 heteroatoms. The van der Waals surface area contributed by atoms with Crippen LogP contribution < -0.4 is 10.1 Å². The minimum atomic E-state index is -0.237. The number of nitrogens with one attached hydrogen (secondary N) is 1. The van der Waals surface area contributed by atoms with Crippen LogP contribution in [0.5, 0.6) is 5.75 Å². The van der Waals surface area contributed by atoms with Crippen molar-refractivity contribution in [1.82, 2.24) is 5.32 Å². The van der Waals surface area contributed by atoms with E-state index in [0.717, 1.165) is 10.9 Å². The van der Waals surface area contributed by atoms with Gasteiger partial charge in [-0.2, -0.15) is 0 Å². The normalized spacial score (nSPS) is 12.2. The van der Waals surface area contributed by atoms with Gasteiger partial charge in [0.05, 0.1) is 13.2 Å². The van der Waals surface area contributed by atoms with Crippen molar-refractivity contribution in [3.8, 4) is 5.75 Å². The molecule has 0 radical (unpaired) electrons. The van der Waals surface area contributed by atoms with E-state index in [1.54, 1.807) is 13.2 Å². The third kappa shape index (κ3) is 3.00. The summed E-state index contributed by atoms with van der Waals surface area (Å²) in [6.07, 6.45) is 0. The molecule has 1 aromatic heterocycles. The Labute approximate surface area is 141 Å². The van der Waals surface area contributed by atoms with Gasteiger partial charge in [-0.05, 0) is 49.6 Å². The van der Waals surface area contributed by atoms with Gasteiger partial charge in [0.2, 0.25) is 0 Å². The van der Waals surface area contributed by atoms with Crippen molar-refractivity contribution in [2.45, 2.75) is 26.8 Å². The summed E-state index contributed by atoms with van der Waals surface area (Å²) < 4.78 is 11.0. The fourth-order valence-electron chi connectivity index (χ4n) is 2.69. The summed E-state index contributed by atoms with van der Waals surface area (Å²) in [5, 5.41) is 3.83. The molecule has 0 bridgehead atoms. The molecule has 0 aliphatic carbocycles. The Morgan fingerprint density at radius 3 is 2.62 bits per heavy atom. The van der Waals surface area contributed by atoms with Crippen LogP contribution in [0.25, 0.3) is 11.0 Å². The SMILES string of the molecule is COc1cccc2cc(C(=O)NC(C)c3ccc(C)c(C)c3)oc12. The summed E-state index contributed by atoms with van der Waals surface area (Å²) in [4.78, 5) is 12.5. The number of hydrogen-bond acceptors (Lipinski definition) is 3. The summed E-state index contributed by atoms with van der Waals surface area (Å²) in [6, 6.07) is 13.4. The van der Waals surface area contributed by atoms with E-state index in [0.29, 0.717) is 11.3 Å². The van der Waals surface area contributed by atoms with E-state index in [4.69, 9.17) is 9.15 Å². The monoisotopic (exact) mass is 323 g/mol. The van der Waals surface area contributed by atoms with Crippen LogP contribution in [-0.2, 0) is 0 Å². The Morgan fingerprint density at radius 1 is 1.12 bits per heavy atom. The highest BCUT2D eigenvalue weighted by molar-refractivity contribution is 5.97. The Balaban J connectivity index is 1.82. The molecule has 1 atom stereocenters. The van der Waals surface area contributed by atoms with Crippen LogP contribution in [0.3, 0.4) is 0 Å². The molecular weight excluding hydrogens is 302 g/mol. The zero-order chi connectivity index (χ0) is 17.3. The Morgan fingerprint density at radius 2 is 1.92 bits per heavy atom. The molecule has 0 saturated carbocycles. The van der Waals surface area contributed by atoms with Crippen LogP contribution in [0.1, 0.15) is 40.2 Å². The number of hydrogen-bond donors (Lipinski definition) is 1. The van der Waals surface area contributed by atoms with Crippen molar-refractivity contribution >= 4 is 16.9 Å². The quantitative estimate of drug-likeness (QED) is 0.766. The first-order chi connectivity index (χ1) is 11.5. The number of furan rings is 1. The number of amides is 1. The van der Waals surface area contributed by atoms with Crippen molar-refractivity contribution in [1.29, 1.82) is 0 Å². The zero-order valence-corrected chi connectivity index (χ0v) is 14.3. The number of benzene rings is 2. The van der Waals surface area contributed by atoms with Gasteiger partial charge in [0.15, 0.2) is 17.1 Å². The first kappa shape index (κ1) is 16.1. The first-order valence-electron chi connectivity index (χ1n) is 7.94. The highest BCUT2D eigenvalue weighted by Gasteiger charge is 2.17. The third-order valence-corrected chi connectivity index (χ3v) is 4.33. The largest absolute Gasteiger partial charge is 0.493 e. The number of para-hydroxylation sites is 1. The van der Waals surface area contributed by atoms with Crippen molar-refractivity contribution < 1.29 is 13.9 Å². The standard InChI is InChI=1S/C20H21NO3/c1-12-8-9-15(10-13(12)2)14(3)21-20(22)18-11-16-6-5-7-17(23-4)19(16)24-18/h5-11,14H,1-4H3,(H,21,22). The predicted molar refractivity (Wildman–Crippen MR) is 94.6 cm³/mol. The fraction of sp³-hybridized carbons (Fsp3) is 0.250. The number of ether oxygens (including phenoxy) is 1. The zero-order valence-electron chi connectivity index (χ0n) is 14.3. The molecule has 0 aliphatic heterocycles. The van der Waals surface area contributed by atoms with Crippen molar-refractivity contribution in [2.24, 2.45) is 0 Å². The van der Waals surface area contributed by atoms with Gasteiger partial charge in [0.1, 0.15) is 0 Å². The van der Waals surface area contributed by atoms with E-state index in [2.05, 4.69) is 31.3 Å². The molecule has 24 heavy (non-hydrogen) atoms. The predicted octanol–water partition coefficient (Wildman–Crippen LogP) is 4.55. The van der Waals surface area contributed by atoms with Gasteiger partial charge in [-0.15, -0.1) is 0 Å². The maximum absolute atomic E-state index is 12.5. The van der Waals surface area contributed by atoms with Crippen molar-refractivity contribution in [3.63, 3.8) is 0 Å². The van der Waals surface area contributed by atoms with Crippen LogP contribution in [0.2, 0.25) is 0 Å². The highest BCUT2D eigenvalue weighted by atomic mass is 16.5. The van der Waals surface area contributed by atoms with E-state index in [1.807, 2.05) is 31.2 Å². The number of carbonyl (C=O) groups excluding carboxylic acids is 1. The van der Waals surface area contributed by atoms with Crippen LogP contribution in [-0.4, -0.2) is 13.0 Å². The Kier molecular flexibility index (Phi) is 4.30. The van der Waals surface area contributed by atoms with Gasteiger partial charge in [-0.25, -0.2) is 0 Å². The molecule has 1 N–H and O–H groups in total. The van der Waals surface area contributed by atoms with Gasteiger partial charge in [-0.1, -0.05) is 30.3 Å². The lowest BCUT2D eigenvalue weighted by molar-refractivity contribution is 0.0914. The lowest BCUT2D eigenvalue weighted by Crippen LogP contribution is -2.26. The average molecular weight is 323 g/mol. The maximum Gasteiger partial charge on any atom is 0.287 e. The number of aryl methyl sites for hydroxylation is 2. The van der Waals surface area contributed by atoms with Crippen molar-refractivity contribution in [2.75, 3.05) is 7.11 Å². The molecule has 0 spiro atoms. The molecule has 0 saturated heterocycles. The van der Waals surface area contributed by atoms with Gasteiger partial charge in [0.25, 0.3) is 5.91 Å². The van der Waals surface area contributed by atoms with Crippen LogP contribution >= 0.6 is 0 Å². The van der Waals surface area contributed by atoms with Crippen LogP contribution in [0, 0.1) is 13.8 Å². The number of rotatable bonds is 4. The molecular formula is C20H21NO3. The lowest BCUT2D eigenvalue weighted by Gasteiger charge is -2.14. The second-order valence-electron chi connectivity index (χ2n) is 6.03. The van der Waals surface area contributed by atoms with E-state index < -0.39 is 0 Å². The van der Waals surface area contributed by atoms with E-state index in [-0.39, 0.29) is 17.7 Å². The number of fused-ring (bicyclic) bond motifs is 1. The van der Waals surface area contributed by atoms with E-state index in [9.17, 15) is 4.79 Å². The smallest absolute Gasteiger partial charge is 0.287 e. The molecule has 0 aliphatic rings. The van der Waals surface area contributed by atoms with Gasteiger partial charge in [0, 0.05) is 5.39 Å². The summed E-state index contributed by atoms with van der Waals surface area (Å²) in [5.74, 6) is 0.665. The lowest BCUT2D eigenvalue weighted by atomic mass is 10.0. The van der Waals surface area contributed by atoms with Crippen molar-refractivity contribution in [3.05, 3.63) is 64.9 Å². The van der Waals surface area contributed by atoms with Gasteiger partial charge >= 0.3 is 0 Å². The molecule has 1 unspecified atom stereocenters. The van der Waals surface area contributed by atoms with Gasteiger partial charge < -0.3 is 14.5 Å². The molecule has 1 heterocycles. The summed E-state index contributed by atoms with van der Waals surface area (Å²) in [5.41, 5.74) is 4.10. The Hall–Kier alpha value is -2.75. The van der Waals surface area contributed by atoms with Gasteiger partial charge in [-0.3, -0.25) is 4.79 Å². The molecule has 3 aromatic rings. The molecule has 4 nitrogen and oxygen atoms in total. The first-order valence-corrected chi connectivity index (χ1v) is 7.94. The average Bonchev–Trinajstić information content (AvgIpc) is 3.01. The number of carbonyl (C=O) groups is 1. The number of methoxy groups -OCH3 is 1. The van der Waals surface area contributed by atoms with E-state index >= 15 is 0 Å². The summed E-state index contributed by atoms with van der Waals surface area (Å²) in [7, 11) is 1.58. The minimum Gasteiger partial charge on any atom is -0.493 e. The third-order valence-electron chi connectivity index (χ3n) is 4.33.